The fourth-order valence-corrected chi connectivity index (χ4v) is 1.69. The van der Waals surface area contributed by atoms with Gasteiger partial charge in [-0.2, -0.15) is 0 Å². The zero-order valence-electron chi connectivity index (χ0n) is 12.0. The number of ether oxygens (including phenoxy) is 1. The summed E-state index contributed by atoms with van der Waals surface area (Å²) in [6.07, 6.45) is -1.24. The molecule has 0 fully saturated rings. The summed E-state index contributed by atoms with van der Waals surface area (Å²) in [4.78, 5) is 11.6. The number of carbonyl (C=O) groups is 1. The molecule has 2 atom stereocenters. The summed E-state index contributed by atoms with van der Waals surface area (Å²) in [5.74, 6) is -1.59. The third-order valence-electron chi connectivity index (χ3n) is 2.93. The van der Waals surface area contributed by atoms with Crippen molar-refractivity contribution in [3.63, 3.8) is 0 Å². The van der Waals surface area contributed by atoms with Crippen LogP contribution in [0, 0.1) is 11.6 Å². The molecule has 21 heavy (non-hydrogen) atoms. The molecule has 1 aromatic carbocycles. The molecule has 0 radical (unpaired) electrons. The first-order chi connectivity index (χ1) is 9.95. The molecule has 0 bridgehead atoms. The lowest BCUT2D eigenvalue weighted by Crippen LogP contribution is -2.44. The minimum Gasteiger partial charge on any atom is -0.387 e. The van der Waals surface area contributed by atoms with E-state index in [9.17, 15) is 18.7 Å². The van der Waals surface area contributed by atoms with E-state index in [0.717, 1.165) is 18.2 Å². The number of aliphatic hydroxyl groups is 1. The maximum absolute atomic E-state index is 13.5. The number of hydrogen-bond donors (Lipinski definition) is 3. The van der Waals surface area contributed by atoms with Gasteiger partial charge in [0.25, 0.3) is 0 Å². The van der Waals surface area contributed by atoms with Crippen LogP contribution in [0.15, 0.2) is 18.2 Å². The van der Waals surface area contributed by atoms with Crippen molar-refractivity contribution in [2.24, 2.45) is 0 Å². The number of hydrogen-bond acceptors (Lipinski definition) is 4. The van der Waals surface area contributed by atoms with Crippen molar-refractivity contribution in [1.82, 2.24) is 10.6 Å². The largest absolute Gasteiger partial charge is 0.387 e. The summed E-state index contributed by atoms with van der Waals surface area (Å²) in [5, 5.41) is 15.2. The Hall–Kier alpha value is -1.57. The smallest absolute Gasteiger partial charge is 0.236 e. The first-order valence-corrected chi connectivity index (χ1v) is 6.58. The molecule has 1 rings (SSSR count). The van der Waals surface area contributed by atoms with E-state index < -0.39 is 23.8 Å². The van der Waals surface area contributed by atoms with Crippen LogP contribution >= 0.6 is 0 Å². The molecule has 0 aromatic heterocycles. The second-order valence-corrected chi connectivity index (χ2v) is 4.60. The van der Waals surface area contributed by atoms with Gasteiger partial charge in [-0.25, -0.2) is 8.78 Å². The van der Waals surface area contributed by atoms with Crippen molar-refractivity contribution in [2.45, 2.75) is 19.1 Å². The normalized spacial score (nSPS) is 13.8. The predicted molar refractivity (Wildman–Crippen MR) is 73.7 cm³/mol. The minimum atomic E-state index is -1.24. The van der Waals surface area contributed by atoms with Crippen LogP contribution in [0.2, 0.25) is 0 Å². The standard InChI is InChI=1S/C14H20F2N2O3/c1-9(14(20)17-5-6-21-2)18-8-13(19)11-7-10(15)3-4-12(11)16/h3-4,7,9,13,18-19H,5-6,8H2,1-2H3,(H,17,20). The lowest BCUT2D eigenvalue weighted by molar-refractivity contribution is -0.123. The maximum Gasteiger partial charge on any atom is 0.236 e. The highest BCUT2D eigenvalue weighted by molar-refractivity contribution is 5.81. The van der Waals surface area contributed by atoms with Crippen molar-refractivity contribution in [2.75, 3.05) is 26.8 Å². The Labute approximate surface area is 122 Å². The molecule has 5 nitrogen and oxygen atoms in total. The highest BCUT2D eigenvalue weighted by atomic mass is 19.1. The van der Waals surface area contributed by atoms with Gasteiger partial charge in [-0.1, -0.05) is 0 Å². The average Bonchev–Trinajstić information content (AvgIpc) is 2.47. The maximum atomic E-state index is 13.5. The van der Waals surface area contributed by atoms with Crippen molar-refractivity contribution >= 4 is 5.91 Å². The van der Waals surface area contributed by atoms with Gasteiger partial charge >= 0.3 is 0 Å². The Kier molecular flexibility index (Phi) is 7.21. The quantitative estimate of drug-likeness (QED) is 0.620. The van der Waals surface area contributed by atoms with E-state index in [2.05, 4.69) is 10.6 Å². The van der Waals surface area contributed by atoms with Crippen LogP contribution in [-0.4, -0.2) is 43.9 Å². The number of carbonyl (C=O) groups excluding carboxylic acids is 1. The van der Waals surface area contributed by atoms with Gasteiger partial charge in [0.15, 0.2) is 0 Å². The zero-order chi connectivity index (χ0) is 15.8. The molecule has 0 aliphatic heterocycles. The number of halogens is 2. The van der Waals surface area contributed by atoms with Crippen LogP contribution < -0.4 is 10.6 Å². The average molecular weight is 302 g/mol. The van der Waals surface area contributed by atoms with Crippen molar-refractivity contribution < 1.29 is 23.4 Å². The van der Waals surface area contributed by atoms with E-state index in [-0.39, 0.29) is 18.0 Å². The fraction of sp³-hybridized carbons (Fsp3) is 0.500. The monoisotopic (exact) mass is 302 g/mol. The molecule has 1 aromatic rings. The van der Waals surface area contributed by atoms with Crippen LogP contribution in [0.25, 0.3) is 0 Å². The van der Waals surface area contributed by atoms with E-state index in [4.69, 9.17) is 4.74 Å². The summed E-state index contributed by atoms with van der Waals surface area (Å²) >= 11 is 0. The Morgan fingerprint density at radius 3 is 2.81 bits per heavy atom. The molecule has 118 valence electrons. The van der Waals surface area contributed by atoms with Crippen molar-refractivity contribution in [1.29, 1.82) is 0 Å². The highest BCUT2D eigenvalue weighted by Crippen LogP contribution is 2.17. The first-order valence-electron chi connectivity index (χ1n) is 6.58. The van der Waals surface area contributed by atoms with Gasteiger partial charge in [-0.05, 0) is 25.1 Å². The molecule has 7 heteroatoms. The van der Waals surface area contributed by atoms with Crippen molar-refractivity contribution in [3.8, 4) is 0 Å². The fourth-order valence-electron chi connectivity index (χ4n) is 1.69. The number of methoxy groups -OCH3 is 1. The zero-order valence-corrected chi connectivity index (χ0v) is 12.0. The third-order valence-corrected chi connectivity index (χ3v) is 2.93. The lowest BCUT2D eigenvalue weighted by atomic mass is 10.1. The van der Waals surface area contributed by atoms with E-state index in [1.807, 2.05) is 0 Å². The minimum absolute atomic E-state index is 0.0702. The third kappa shape index (κ3) is 5.74. The van der Waals surface area contributed by atoms with Gasteiger partial charge < -0.3 is 20.5 Å². The molecule has 1 amide bonds. The molecule has 2 unspecified atom stereocenters. The van der Waals surface area contributed by atoms with Gasteiger partial charge in [-0.15, -0.1) is 0 Å². The number of benzene rings is 1. The van der Waals surface area contributed by atoms with Crippen LogP contribution in [-0.2, 0) is 9.53 Å². The molecular formula is C14H20F2N2O3. The van der Waals surface area contributed by atoms with E-state index in [0.29, 0.717) is 13.2 Å². The Morgan fingerprint density at radius 2 is 2.14 bits per heavy atom. The Bertz CT molecular complexity index is 472. The molecule has 0 spiro atoms. The van der Waals surface area contributed by atoms with E-state index in [1.165, 1.54) is 7.11 Å². The summed E-state index contributed by atoms with van der Waals surface area (Å²) < 4.78 is 31.3. The number of nitrogens with one attached hydrogen (secondary N) is 2. The lowest BCUT2D eigenvalue weighted by Gasteiger charge is -2.17. The summed E-state index contributed by atoms with van der Waals surface area (Å²) in [7, 11) is 1.53. The topological polar surface area (TPSA) is 70.6 Å². The molecular weight excluding hydrogens is 282 g/mol. The molecule has 0 aliphatic carbocycles. The van der Waals surface area contributed by atoms with Gasteiger partial charge in [0.1, 0.15) is 11.6 Å². The summed E-state index contributed by atoms with van der Waals surface area (Å²) in [6.45, 7) is 2.31. The van der Waals surface area contributed by atoms with E-state index >= 15 is 0 Å². The highest BCUT2D eigenvalue weighted by Gasteiger charge is 2.17. The van der Waals surface area contributed by atoms with Crippen LogP contribution in [0.1, 0.15) is 18.6 Å². The van der Waals surface area contributed by atoms with Crippen LogP contribution in [0.3, 0.4) is 0 Å². The molecule has 0 aliphatic rings. The van der Waals surface area contributed by atoms with Gasteiger partial charge in [0.2, 0.25) is 5.91 Å². The van der Waals surface area contributed by atoms with Gasteiger partial charge in [-0.3, -0.25) is 4.79 Å². The number of amides is 1. The number of aliphatic hydroxyl groups excluding tert-OH is 1. The van der Waals surface area contributed by atoms with Crippen LogP contribution in [0.4, 0.5) is 8.78 Å². The summed E-state index contributed by atoms with van der Waals surface area (Å²) in [6, 6.07) is 2.29. The SMILES string of the molecule is COCCNC(=O)C(C)NCC(O)c1cc(F)ccc1F. The Balaban J connectivity index is 2.46. The van der Waals surface area contributed by atoms with Gasteiger partial charge in [0.05, 0.1) is 18.8 Å². The second kappa shape index (κ2) is 8.66. The predicted octanol–water partition coefficient (Wildman–Crippen LogP) is 0.739. The molecule has 0 heterocycles. The molecule has 3 N–H and O–H groups in total. The second-order valence-electron chi connectivity index (χ2n) is 4.60. The Morgan fingerprint density at radius 1 is 1.43 bits per heavy atom. The summed E-state index contributed by atoms with van der Waals surface area (Å²) in [5.41, 5.74) is -0.144. The van der Waals surface area contributed by atoms with Crippen LogP contribution in [0.5, 0.6) is 0 Å². The van der Waals surface area contributed by atoms with Crippen molar-refractivity contribution in [3.05, 3.63) is 35.4 Å². The van der Waals surface area contributed by atoms with E-state index in [1.54, 1.807) is 6.92 Å². The molecule has 0 saturated carbocycles. The first kappa shape index (κ1) is 17.5. The van der Waals surface area contributed by atoms with Gasteiger partial charge in [0, 0.05) is 25.8 Å². The number of rotatable bonds is 8. The molecule has 0 saturated heterocycles.